The minimum atomic E-state index is 0.0446. The van der Waals surface area contributed by atoms with Crippen LogP contribution in [0.5, 0.6) is 11.5 Å². The zero-order chi connectivity index (χ0) is 7.84. The first-order valence-corrected chi connectivity index (χ1v) is 3.71. The summed E-state index contributed by atoms with van der Waals surface area (Å²) in [6, 6.07) is 3.23. The maximum absolute atomic E-state index is 11.0. The van der Waals surface area contributed by atoms with Crippen LogP contribution >= 0.6 is 0 Å². The van der Waals surface area contributed by atoms with E-state index in [4.69, 9.17) is 4.74 Å². The van der Waals surface area contributed by atoms with Crippen LogP contribution in [0.1, 0.15) is 11.1 Å². The molecule has 0 bridgehead atoms. The van der Waals surface area contributed by atoms with Crippen molar-refractivity contribution in [2.45, 2.75) is 13.3 Å². The quantitative estimate of drug-likeness (QED) is 0.555. The lowest BCUT2D eigenvalue weighted by atomic mass is 10.1. The van der Waals surface area contributed by atoms with Gasteiger partial charge in [-0.1, -0.05) is 0 Å². The Hall–Kier alpha value is -1.18. The van der Waals surface area contributed by atoms with E-state index in [0.29, 0.717) is 0 Å². The second kappa shape index (κ2) is 2.16. The summed E-state index contributed by atoms with van der Waals surface area (Å²) in [7, 11) is 0. The molecule has 1 aromatic carbocycles. The molecule has 1 aliphatic heterocycles. The summed E-state index contributed by atoms with van der Waals surface area (Å²) >= 11 is 0. The van der Waals surface area contributed by atoms with Gasteiger partial charge in [0, 0.05) is 18.1 Å². The first kappa shape index (κ1) is 6.53. The molecule has 2 heteroatoms. The minimum Gasteiger partial charge on any atom is -0.493 e. The molecule has 0 unspecified atom stereocenters. The van der Waals surface area contributed by atoms with Crippen molar-refractivity contribution >= 4 is 0 Å². The predicted molar refractivity (Wildman–Crippen MR) is 40.5 cm³/mol. The number of hydrogen-bond acceptors (Lipinski definition) is 1. The predicted octanol–water partition coefficient (Wildman–Crippen LogP) is 2.07. The molecule has 2 rings (SSSR count). The van der Waals surface area contributed by atoms with Crippen molar-refractivity contribution in [3.8, 4) is 11.5 Å². The van der Waals surface area contributed by atoms with Crippen molar-refractivity contribution in [2.24, 2.45) is 0 Å². The van der Waals surface area contributed by atoms with E-state index in [2.05, 4.69) is 0 Å². The van der Waals surface area contributed by atoms with E-state index >= 15 is 0 Å². The lowest BCUT2D eigenvalue weighted by molar-refractivity contribution is 0.338. The monoisotopic (exact) mass is 149 g/mol. The van der Waals surface area contributed by atoms with E-state index in [-0.39, 0.29) is 5.75 Å². The van der Waals surface area contributed by atoms with Crippen molar-refractivity contribution in [1.29, 1.82) is 0 Å². The van der Waals surface area contributed by atoms with Crippen LogP contribution < -0.4 is 4.74 Å². The third-order valence-electron chi connectivity index (χ3n) is 2.02. The molecule has 1 aliphatic rings. The summed E-state index contributed by atoms with van der Waals surface area (Å²) in [6.07, 6.45) is 0.946. The average molecular weight is 149 g/mol. The maximum atomic E-state index is 11.0. The molecule has 1 aromatic rings. The Morgan fingerprint density at radius 2 is 2.27 bits per heavy atom. The molecule has 0 N–H and O–H groups in total. The van der Waals surface area contributed by atoms with E-state index < -0.39 is 0 Å². The van der Waals surface area contributed by atoms with Gasteiger partial charge in [-0.25, -0.2) is 0 Å². The largest absolute Gasteiger partial charge is 0.493 e. The standard InChI is InChI=1S/C9H9O2/c1-6-4-7(10)5-9-8(6)2-3-11-9/h4-5H,2-3H2,1H3. The molecular formula is C9H9O2. The van der Waals surface area contributed by atoms with Gasteiger partial charge in [0.2, 0.25) is 0 Å². The highest BCUT2D eigenvalue weighted by Crippen LogP contribution is 2.32. The van der Waals surface area contributed by atoms with E-state index in [9.17, 15) is 5.11 Å². The van der Waals surface area contributed by atoms with Crippen LogP contribution in [0, 0.1) is 6.92 Å². The number of fused-ring (bicyclic) bond motifs is 1. The summed E-state index contributed by atoms with van der Waals surface area (Å²) in [6.45, 7) is 2.68. The number of rotatable bonds is 0. The van der Waals surface area contributed by atoms with Crippen LogP contribution in [-0.4, -0.2) is 6.61 Å². The summed E-state index contributed by atoms with van der Waals surface area (Å²) in [5.41, 5.74) is 2.26. The fourth-order valence-corrected chi connectivity index (χ4v) is 1.47. The van der Waals surface area contributed by atoms with Gasteiger partial charge in [-0.15, -0.1) is 0 Å². The van der Waals surface area contributed by atoms with Gasteiger partial charge in [0.15, 0.2) is 5.75 Å². The second-order valence-electron chi connectivity index (χ2n) is 2.82. The van der Waals surface area contributed by atoms with Gasteiger partial charge in [-0.2, -0.15) is 0 Å². The molecule has 0 aliphatic carbocycles. The molecule has 0 aromatic heterocycles. The second-order valence-corrected chi connectivity index (χ2v) is 2.82. The fourth-order valence-electron chi connectivity index (χ4n) is 1.47. The van der Waals surface area contributed by atoms with Gasteiger partial charge < -0.3 is 4.74 Å². The molecule has 11 heavy (non-hydrogen) atoms. The molecule has 0 amide bonds. The van der Waals surface area contributed by atoms with Crippen LogP contribution in [0.15, 0.2) is 12.1 Å². The zero-order valence-corrected chi connectivity index (χ0v) is 6.39. The number of aryl methyl sites for hydroxylation is 1. The van der Waals surface area contributed by atoms with E-state index in [1.807, 2.05) is 6.92 Å². The fraction of sp³-hybridized carbons (Fsp3) is 0.333. The van der Waals surface area contributed by atoms with Crippen molar-refractivity contribution in [1.82, 2.24) is 0 Å². The first-order valence-electron chi connectivity index (χ1n) is 3.71. The van der Waals surface area contributed by atoms with Crippen molar-refractivity contribution in [3.05, 3.63) is 23.3 Å². The molecular weight excluding hydrogens is 140 g/mol. The Morgan fingerprint density at radius 1 is 1.45 bits per heavy atom. The molecule has 57 valence electrons. The highest BCUT2D eigenvalue weighted by molar-refractivity contribution is 5.47. The van der Waals surface area contributed by atoms with Crippen LogP contribution in [0.2, 0.25) is 0 Å². The molecule has 1 radical (unpaired) electrons. The van der Waals surface area contributed by atoms with Gasteiger partial charge in [0.05, 0.1) is 6.61 Å². The minimum absolute atomic E-state index is 0.0446. The summed E-state index contributed by atoms with van der Waals surface area (Å²) in [5, 5.41) is 11.0. The smallest absolute Gasteiger partial charge is 0.182 e. The number of benzene rings is 1. The third kappa shape index (κ3) is 0.946. The SMILES string of the molecule is Cc1cc([O])cc2c1CCO2. The Balaban J connectivity index is 2.60. The van der Waals surface area contributed by atoms with Crippen LogP contribution in [0.4, 0.5) is 0 Å². The van der Waals surface area contributed by atoms with Crippen molar-refractivity contribution in [2.75, 3.05) is 6.61 Å². The molecule has 2 nitrogen and oxygen atoms in total. The molecule has 0 spiro atoms. The summed E-state index contributed by atoms with van der Waals surface area (Å²) < 4.78 is 5.26. The lowest BCUT2D eigenvalue weighted by Gasteiger charge is -2.00. The number of ether oxygens (including phenoxy) is 1. The lowest BCUT2D eigenvalue weighted by Crippen LogP contribution is -1.86. The van der Waals surface area contributed by atoms with Crippen LogP contribution in [0.3, 0.4) is 0 Å². The Kier molecular flexibility index (Phi) is 1.28. The van der Waals surface area contributed by atoms with E-state index in [1.54, 1.807) is 12.1 Å². The molecule has 0 saturated heterocycles. The number of hydrogen-bond donors (Lipinski definition) is 0. The summed E-state index contributed by atoms with van der Waals surface area (Å²) in [4.78, 5) is 0. The van der Waals surface area contributed by atoms with Crippen molar-refractivity contribution in [3.63, 3.8) is 0 Å². The van der Waals surface area contributed by atoms with Gasteiger partial charge in [-0.05, 0) is 18.6 Å². The highest BCUT2D eigenvalue weighted by Gasteiger charge is 2.15. The third-order valence-corrected chi connectivity index (χ3v) is 2.02. The van der Waals surface area contributed by atoms with Gasteiger partial charge in [0.1, 0.15) is 5.75 Å². The van der Waals surface area contributed by atoms with Gasteiger partial charge in [0.25, 0.3) is 0 Å². The van der Waals surface area contributed by atoms with Crippen LogP contribution in [-0.2, 0) is 11.5 Å². The first-order chi connectivity index (χ1) is 5.27. The Bertz CT molecular complexity index is 292. The average Bonchev–Trinajstić information content (AvgIpc) is 2.34. The Morgan fingerprint density at radius 3 is 3.09 bits per heavy atom. The van der Waals surface area contributed by atoms with Crippen LogP contribution in [0.25, 0.3) is 0 Å². The normalized spacial score (nSPS) is 14.3. The van der Waals surface area contributed by atoms with Gasteiger partial charge in [-0.3, -0.25) is 5.11 Å². The maximum Gasteiger partial charge on any atom is 0.182 e. The molecule has 0 saturated carbocycles. The topological polar surface area (TPSA) is 29.1 Å². The molecule has 1 heterocycles. The summed E-state index contributed by atoms with van der Waals surface area (Å²) in [5.74, 6) is 0.832. The Labute approximate surface area is 65.4 Å². The highest BCUT2D eigenvalue weighted by atomic mass is 16.5. The van der Waals surface area contributed by atoms with E-state index in [0.717, 1.165) is 24.3 Å². The molecule has 0 atom stereocenters. The van der Waals surface area contributed by atoms with E-state index in [1.165, 1.54) is 5.56 Å². The van der Waals surface area contributed by atoms with Gasteiger partial charge >= 0.3 is 0 Å². The van der Waals surface area contributed by atoms with Crippen molar-refractivity contribution < 1.29 is 9.84 Å². The molecule has 0 fully saturated rings. The zero-order valence-electron chi connectivity index (χ0n) is 6.39.